The summed E-state index contributed by atoms with van der Waals surface area (Å²) in [5, 5.41) is 0.800. The van der Waals surface area contributed by atoms with E-state index in [-0.39, 0.29) is 0 Å². The topological polar surface area (TPSA) is 61.0 Å². The second kappa shape index (κ2) is 4.91. The smallest absolute Gasteiger partial charge is 0.241 e. The van der Waals surface area contributed by atoms with E-state index in [9.17, 15) is 0 Å². The maximum atomic E-state index is 5.76. The minimum atomic E-state index is 0.452. The monoisotopic (exact) mass is 199 g/mol. The highest BCUT2D eigenvalue weighted by Gasteiger charge is 2.07. The van der Waals surface area contributed by atoms with E-state index in [1.807, 2.05) is 0 Å². The molecule has 1 aromatic heterocycles. The van der Waals surface area contributed by atoms with Gasteiger partial charge < -0.3 is 10.5 Å². The Labute approximate surface area is 81.9 Å². The zero-order chi connectivity index (χ0) is 9.68. The molecular formula is C8H13N3OS. The van der Waals surface area contributed by atoms with Crippen LogP contribution in [-0.4, -0.2) is 22.8 Å². The Morgan fingerprint density at radius 2 is 2.31 bits per heavy atom. The fourth-order valence-electron chi connectivity index (χ4n) is 0.841. The van der Waals surface area contributed by atoms with Gasteiger partial charge in [-0.25, -0.2) is 4.98 Å². The molecule has 0 fully saturated rings. The quantitative estimate of drug-likeness (QED) is 0.589. The molecule has 0 aromatic carbocycles. The van der Waals surface area contributed by atoms with Crippen LogP contribution >= 0.6 is 11.8 Å². The predicted molar refractivity (Wildman–Crippen MR) is 54.0 cm³/mol. The van der Waals surface area contributed by atoms with Gasteiger partial charge in [-0.2, -0.15) is 4.98 Å². The molecule has 1 heterocycles. The van der Waals surface area contributed by atoms with E-state index in [2.05, 4.69) is 16.9 Å². The van der Waals surface area contributed by atoms with Gasteiger partial charge in [-0.3, -0.25) is 0 Å². The lowest BCUT2D eigenvalue weighted by molar-refractivity contribution is 0.397. The van der Waals surface area contributed by atoms with Crippen LogP contribution < -0.4 is 10.5 Å². The van der Waals surface area contributed by atoms with Gasteiger partial charge in [0.15, 0.2) is 0 Å². The van der Waals surface area contributed by atoms with E-state index in [1.165, 1.54) is 6.33 Å². The van der Waals surface area contributed by atoms with Gasteiger partial charge in [0.25, 0.3) is 0 Å². The molecule has 0 atom stereocenters. The molecule has 0 spiro atoms. The lowest BCUT2D eigenvalue weighted by Crippen LogP contribution is -1.99. The van der Waals surface area contributed by atoms with Crippen LogP contribution in [0, 0.1) is 0 Å². The van der Waals surface area contributed by atoms with Gasteiger partial charge in [0.2, 0.25) is 5.88 Å². The molecule has 4 nitrogen and oxygen atoms in total. The summed E-state index contributed by atoms with van der Waals surface area (Å²) in [7, 11) is 1.55. The second-order valence-electron chi connectivity index (χ2n) is 2.45. The van der Waals surface area contributed by atoms with E-state index in [4.69, 9.17) is 10.5 Å². The van der Waals surface area contributed by atoms with Crippen LogP contribution in [0.3, 0.4) is 0 Å². The summed E-state index contributed by atoms with van der Waals surface area (Å²) in [6.45, 7) is 2.11. The number of nitrogens with zero attached hydrogens (tertiary/aromatic N) is 2. The highest BCUT2D eigenvalue weighted by atomic mass is 32.2. The zero-order valence-electron chi connectivity index (χ0n) is 7.78. The van der Waals surface area contributed by atoms with Crippen molar-refractivity contribution in [3.63, 3.8) is 0 Å². The maximum Gasteiger partial charge on any atom is 0.241 e. The Kier molecular flexibility index (Phi) is 3.82. The fraction of sp³-hybridized carbons (Fsp3) is 0.500. The molecule has 0 radical (unpaired) electrons. The highest BCUT2D eigenvalue weighted by molar-refractivity contribution is 7.99. The van der Waals surface area contributed by atoms with Gasteiger partial charge in [0.1, 0.15) is 17.0 Å². The number of hydrogen-bond donors (Lipinski definition) is 1. The highest BCUT2D eigenvalue weighted by Crippen LogP contribution is 2.28. The van der Waals surface area contributed by atoms with Crippen molar-refractivity contribution in [2.75, 3.05) is 18.6 Å². The first kappa shape index (κ1) is 10.1. The molecule has 0 bridgehead atoms. The van der Waals surface area contributed by atoms with E-state index < -0.39 is 0 Å². The first-order valence-corrected chi connectivity index (χ1v) is 5.05. The SMILES string of the molecule is CCCSc1ncnc(OC)c1N. The van der Waals surface area contributed by atoms with Gasteiger partial charge in [0, 0.05) is 0 Å². The van der Waals surface area contributed by atoms with E-state index in [1.54, 1.807) is 18.9 Å². The van der Waals surface area contributed by atoms with Gasteiger partial charge in [-0.15, -0.1) is 11.8 Å². The molecule has 0 aliphatic carbocycles. The number of rotatable bonds is 4. The van der Waals surface area contributed by atoms with Crippen molar-refractivity contribution >= 4 is 17.4 Å². The van der Waals surface area contributed by atoms with Crippen molar-refractivity contribution in [2.45, 2.75) is 18.4 Å². The molecule has 1 rings (SSSR count). The van der Waals surface area contributed by atoms with Gasteiger partial charge in [0.05, 0.1) is 7.11 Å². The van der Waals surface area contributed by atoms with Crippen molar-refractivity contribution < 1.29 is 4.74 Å². The molecule has 0 unspecified atom stereocenters. The summed E-state index contributed by atoms with van der Waals surface area (Å²) in [6.07, 6.45) is 2.56. The third-order valence-corrected chi connectivity index (χ3v) is 2.66. The average Bonchev–Trinajstić information content (AvgIpc) is 2.16. The van der Waals surface area contributed by atoms with Crippen LogP contribution in [0.2, 0.25) is 0 Å². The summed E-state index contributed by atoms with van der Waals surface area (Å²) in [5.41, 5.74) is 6.29. The van der Waals surface area contributed by atoms with Crippen molar-refractivity contribution in [2.24, 2.45) is 0 Å². The van der Waals surface area contributed by atoms with Crippen molar-refractivity contribution in [3.05, 3.63) is 6.33 Å². The molecule has 1 aromatic rings. The van der Waals surface area contributed by atoms with Crippen molar-refractivity contribution in [1.29, 1.82) is 0 Å². The first-order valence-electron chi connectivity index (χ1n) is 4.06. The summed E-state index contributed by atoms with van der Waals surface area (Å²) in [5.74, 6) is 1.46. The normalized spacial score (nSPS) is 10.0. The third kappa shape index (κ3) is 2.48. The Balaban J connectivity index is 2.81. The molecule has 72 valence electrons. The van der Waals surface area contributed by atoms with E-state index >= 15 is 0 Å². The summed E-state index contributed by atoms with van der Waals surface area (Å²) in [6, 6.07) is 0. The van der Waals surface area contributed by atoms with Crippen LogP contribution in [0.5, 0.6) is 5.88 Å². The Hall–Kier alpha value is -0.970. The van der Waals surface area contributed by atoms with Crippen molar-refractivity contribution in [3.8, 4) is 5.88 Å². The Morgan fingerprint density at radius 3 is 2.92 bits per heavy atom. The van der Waals surface area contributed by atoms with Gasteiger partial charge >= 0.3 is 0 Å². The van der Waals surface area contributed by atoms with E-state index in [0.29, 0.717) is 11.6 Å². The molecule has 0 saturated heterocycles. The summed E-state index contributed by atoms with van der Waals surface area (Å²) >= 11 is 1.62. The zero-order valence-corrected chi connectivity index (χ0v) is 8.60. The number of aromatic nitrogens is 2. The number of thioether (sulfide) groups is 1. The summed E-state index contributed by atoms with van der Waals surface area (Å²) < 4.78 is 4.98. The minimum absolute atomic E-state index is 0.452. The number of methoxy groups -OCH3 is 1. The molecular weight excluding hydrogens is 186 g/mol. The molecule has 5 heteroatoms. The number of ether oxygens (including phenoxy) is 1. The Bertz CT molecular complexity index is 280. The second-order valence-corrected chi connectivity index (χ2v) is 3.53. The van der Waals surface area contributed by atoms with Crippen LogP contribution in [0.15, 0.2) is 11.4 Å². The molecule has 0 aliphatic heterocycles. The lowest BCUT2D eigenvalue weighted by Gasteiger charge is -2.06. The standard InChI is InChI=1S/C8H13N3OS/c1-3-4-13-8-6(9)7(12-2)10-5-11-8/h5H,3-4,9H2,1-2H3. The summed E-state index contributed by atoms with van der Waals surface area (Å²) in [4.78, 5) is 7.97. The largest absolute Gasteiger partial charge is 0.479 e. The Morgan fingerprint density at radius 1 is 1.54 bits per heavy atom. The lowest BCUT2D eigenvalue weighted by atomic mass is 10.5. The number of nitrogens with two attached hydrogens (primary N) is 1. The number of nitrogen functional groups attached to an aromatic ring is 1. The van der Waals surface area contributed by atoms with Gasteiger partial charge in [-0.05, 0) is 12.2 Å². The molecule has 2 N–H and O–H groups in total. The predicted octanol–water partition coefficient (Wildman–Crippen LogP) is 1.57. The number of hydrogen-bond acceptors (Lipinski definition) is 5. The number of anilines is 1. The minimum Gasteiger partial charge on any atom is -0.479 e. The van der Waals surface area contributed by atoms with Crippen LogP contribution in [0.25, 0.3) is 0 Å². The third-order valence-electron chi connectivity index (χ3n) is 1.45. The van der Waals surface area contributed by atoms with Crippen LogP contribution in [0.1, 0.15) is 13.3 Å². The first-order chi connectivity index (χ1) is 6.29. The average molecular weight is 199 g/mol. The maximum absolute atomic E-state index is 5.76. The van der Waals surface area contributed by atoms with Crippen LogP contribution in [0.4, 0.5) is 5.69 Å². The molecule has 0 aliphatic rings. The molecule has 13 heavy (non-hydrogen) atoms. The van der Waals surface area contributed by atoms with E-state index in [0.717, 1.165) is 17.2 Å². The molecule has 0 amide bonds. The molecule has 0 saturated carbocycles. The van der Waals surface area contributed by atoms with Crippen molar-refractivity contribution in [1.82, 2.24) is 9.97 Å². The fourth-order valence-corrected chi connectivity index (χ4v) is 1.60. The van der Waals surface area contributed by atoms with Crippen LogP contribution in [-0.2, 0) is 0 Å². The van der Waals surface area contributed by atoms with Gasteiger partial charge in [-0.1, -0.05) is 6.92 Å².